The van der Waals surface area contributed by atoms with E-state index >= 15 is 0 Å². The highest BCUT2D eigenvalue weighted by Gasteiger charge is 2.18. The summed E-state index contributed by atoms with van der Waals surface area (Å²) >= 11 is 0. The second-order valence-corrected chi connectivity index (χ2v) is 5.62. The number of nitrogen functional groups attached to an aromatic ring is 1. The first-order valence-electron chi connectivity index (χ1n) is 7.59. The zero-order valence-corrected chi connectivity index (χ0v) is 13.5. The molecule has 4 aromatic rings. The zero-order valence-electron chi connectivity index (χ0n) is 13.5. The van der Waals surface area contributed by atoms with Crippen LogP contribution in [0.1, 0.15) is 0 Å². The number of methoxy groups -OCH3 is 1. The monoisotopic (exact) mass is 362 g/mol. The van der Waals surface area contributed by atoms with Crippen LogP contribution in [0.3, 0.4) is 0 Å². The van der Waals surface area contributed by atoms with Gasteiger partial charge in [-0.25, -0.2) is 22.7 Å². The first-order valence-corrected chi connectivity index (χ1v) is 7.59. The average molecular weight is 362 g/mol. The Labute approximate surface area is 144 Å². The molecule has 0 saturated heterocycles. The molecule has 0 saturated carbocycles. The molecule has 3 aromatic heterocycles. The fraction of sp³-hybridized carbons (Fsp3) is 0.188. The highest BCUT2D eigenvalue weighted by Crippen LogP contribution is 2.33. The van der Waals surface area contributed by atoms with E-state index in [0.29, 0.717) is 16.6 Å². The van der Waals surface area contributed by atoms with Crippen molar-refractivity contribution >= 4 is 22.5 Å². The van der Waals surface area contributed by atoms with Gasteiger partial charge >= 0.3 is 0 Å². The fourth-order valence-electron chi connectivity index (χ4n) is 2.95. The van der Waals surface area contributed by atoms with Crippen molar-refractivity contribution in [2.45, 2.75) is 13.0 Å². The maximum Gasteiger partial charge on any atom is 0.256 e. The number of hydrogen-bond donors (Lipinski definition) is 1. The predicted octanol–water partition coefficient (Wildman–Crippen LogP) is 2.74. The van der Waals surface area contributed by atoms with Gasteiger partial charge in [0.15, 0.2) is 5.82 Å². The van der Waals surface area contributed by atoms with Gasteiger partial charge in [-0.3, -0.25) is 0 Å². The van der Waals surface area contributed by atoms with E-state index in [1.165, 1.54) is 28.6 Å². The normalized spacial score (nSPS) is 11.7. The van der Waals surface area contributed by atoms with Crippen LogP contribution < -0.4 is 10.5 Å². The van der Waals surface area contributed by atoms with E-state index in [9.17, 15) is 13.2 Å². The first kappa shape index (κ1) is 16.2. The molecule has 0 amide bonds. The third-order valence-corrected chi connectivity index (χ3v) is 4.01. The van der Waals surface area contributed by atoms with E-state index in [4.69, 9.17) is 10.5 Å². The van der Waals surface area contributed by atoms with Gasteiger partial charge in [-0.15, -0.1) is 5.10 Å². The number of hydrogen-bond acceptors (Lipinski definition) is 5. The number of aromatic nitrogens is 5. The summed E-state index contributed by atoms with van der Waals surface area (Å²) in [7, 11) is 1.43. The van der Waals surface area contributed by atoms with Gasteiger partial charge in [0.2, 0.25) is 11.8 Å². The molecule has 2 N–H and O–H groups in total. The molecule has 0 aliphatic heterocycles. The number of anilines is 1. The lowest BCUT2D eigenvalue weighted by atomic mass is 10.1. The molecule has 134 valence electrons. The molecule has 3 heterocycles. The second kappa shape index (κ2) is 5.90. The number of nitrogens with two attached hydrogens (primary N) is 1. The number of nitrogens with zero attached hydrogens (tertiary/aromatic N) is 5. The van der Waals surface area contributed by atoms with Gasteiger partial charge in [0.1, 0.15) is 11.0 Å². The zero-order chi connectivity index (χ0) is 18.4. The molecule has 1 aromatic carbocycles. The molecule has 4 rings (SSSR count). The Kier molecular flexibility index (Phi) is 3.67. The van der Waals surface area contributed by atoms with Gasteiger partial charge in [-0.05, 0) is 23.8 Å². The quantitative estimate of drug-likeness (QED) is 0.604. The summed E-state index contributed by atoms with van der Waals surface area (Å²) in [6, 6.07) is 4.58. The summed E-state index contributed by atoms with van der Waals surface area (Å²) in [6.07, 6.45) is 0.251. The molecule has 0 spiro atoms. The highest BCUT2D eigenvalue weighted by molar-refractivity contribution is 5.90. The summed E-state index contributed by atoms with van der Waals surface area (Å²) in [5.74, 6) is -0.368. The van der Waals surface area contributed by atoms with E-state index in [1.54, 1.807) is 18.3 Å². The van der Waals surface area contributed by atoms with Crippen molar-refractivity contribution in [3.63, 3.8) is 0 Å². The molecule has 7 nitrogen and oxygen atoms in total. The summed E-state index contributed by atoms with van der Waals surface area (Å²) in [6.45, 7) is -0.571. The smallest absolute Gasteiger partial charge is 0.256 e. The number of alkyl halides is 2. The minimum atomic E-state index is -2.58. The van der Waals surface area contributed by atoms with Crippen molar-refractivity contribution in [2.75, 3.05) is 12.8 Å². The molecule has 26 heavy (non-hydrogen) atoms. The number of rotatable bonds is 4. The summed E-state index contributed by atoms with van der Waals surface area (Å²) < 4.78 is 47.9. The van der Waals surface area contributed by atoms with Crippen LogP contribution in [-0.2, 0) is 6.54 Å². The van der Waals surface area contributed by atoms with Crippen molar-refractivity contribution in [1.82, 2.24) is 24.1 Å². The Hall–Kier alpha value is -3.30. The Bertz CT molecular complexity index is 1120. The lowest BCUT2D eigenvalue weighted by Gasteiger charge is -2.08. The highest BCUT2D eigenvalue weighted by atomic mass is 19.3. The summed E-state index contributed by atoms with van der Waals surface area (Å²) in [5, 5.41) is 4.05. The van der Waals surface area contributed by atoms with Crippen LogP contribution in [0, 0.1) is 5.82 Å². The van der Waals surface area contributed by atoms with Gasteiger partial charge in [0.05, 0.1) is 25.5 Å². The second-order valence-electron chi connectivity index (χ2n) is 5.62. The Morgan fingerprint density at radius 1 is 1.31 bits per heavy atom. The van der Waals surface area contributed by atoms with E-state index in [1.807, 2.05) is 0 Å². The summed E-state index contributed by atoms with van der Waals surface area (Å²) in [4.78, 5) is 7.91. The van der Waals surface area contributed by atoms with Crippen LogP contribution >= 0.6 is 0 Å². The molecule has 0 radical (unpaired) electrons. The van der Waals surface area contributed by atoms with Gasteiger partial charge in [-0.1, -0.05) is 0 Å². The largest absolute Gasteiger partial charge is 0.479 e. The van der Waals surface area contributed by atoms with Crippen LogP contribution in [0.2, 0.25) is 0 Å². The van der Waals surface area contributed by atoms with Gasteiger partial charge < -0.3 is 15.0 Å². The molecular weight excluding hydrogens is 349 g/mol. The lowest BCUT2D eigenvalue weighted by Crippen LogP contribution is -2.05. The number of benzene rings is 1. The third kappa shape index (κ3) is 2.50. The number of ether oxygens (including phenoxy) is 1. The minimum absolute atomic E-state index is 0.0214. The van der Waals surface area contributed by atoms with Crippen molar-refractivity contribution < 1.29 is 17.9 Å². The topological polar surface area (TPSA) is 83.3 Å². The minimum Gasteiger partial charge on any atom is -0.479 e. The molecule has 0 aliphatic rings. The Balaban J connectivity index is 1.96. The molecule has 0 unspecified atom stereocenters. The standard InChI is InChI=1S/C16H13F3N6O/c1-26-15-14-9(2-3-25(14)23-16(20)22-15)8-4-10(17)13-11(5-8)24(7-21-13)6-12(18)19/h2-5,7,12H,6H2,1H3,(H2,20,23). The maximum atomic E-state index is 14.5. The maximum absolute atomic E-state index is 14.5. The van der Waals surface area contributed by atoms with E-state index < -0.39 is 18.8 Å². The number of fused-ring (bicyclic) bond motifs is 2. The van der Waals surface area contributed by atoms with Gasteiger partial charge in [-0.2, -0.15) is 4.98 Å². The van der Waals surface area contributed by atoms with E-state index in [2.05, 4.69) is 15.1 Å². The number of halogens is 3. The van der Waals surface area contributed by atoms with Crippen LogP contribution in [0.25, 0.3) is 27.7 Å². The van der Waals surface area contributed by atoms with Crippen LogP contribution in [0.4, 0.5) is 19.1 Å². The van der Waals surface area contributed by atoms with Crippen molar-refractivity contribution in [1.29, 1.82) is 0 Å². The van der Waals surface area contributed by atoms with E-state index in [-0.39, 0.29) is 22.9 Å². The van der Waals surface area contributed by atoms with Crippen molar-refractivity contribution in [3.05, 3.63) is 36.5 Å². The Morgan fingerprint density at radius 3 is 2.85 bits per heavy atom. The van der Waals surface area contributed by atoms with Crippen LogP contribution in [0.5, 0.6) is 5.88 Å². The predicted molar refractivity (Wildman–Crippen MR) is 88.6 cm³/mol. The average Bonchev–Trinajstić information content (AvgIpc) is 3.18. The van der Waals surface area contributed by atoms with E-state index in [0.717, 1.165) is 0 Å². The number of imidazole rings is 1. The Morgan fingerprint density at radius 2 is 2.12 bits per heavy atom. The van der Waals surface area contributed by atoms with Crippen molar-refractivity contribution in [3.8, 4) is 17.0 Å². The fourth-order valence-corrected chi connectivity index (χ4v) is 2.95. The van der Waals surface area contributed by atoms with Crippen molar-refractivity contribution in [2.24, 2.45) is 0 Å². The van der Waals surface area contributed by atoms with Gasteiger partial charge in [0.25, 0.3) is 6.43 Å². The lowest BCUT2D eigenvalue weighted by molar-refractivity contribution is 0.128. The third-order valence-electron chi connectivity index (χ3n) is 4.01. The first-order chi connectivity index (χ1) is 12.5. The van der Waals surface area contributed by atoms with Crippen LogP contribution in [0.15, 0.2) is 30.7 Å². The molecule has 0 atom stereocenters. The molecular formula is C16H13F3N6O. The SMILES string of the molecule is COc1nc(N)nn2ccc(-c3cc(F)c4ncn(CC(F)F)c4c3)c12. The molecule has 0 fully saturated rings. The molecule has 0 bridgehead atoms. The molecule has 0 aliphatic carbocycles. The molecule has 10 heteroatoms. The summed E-state index contributed by atoms with van der Waals surface area (Å²) in [5.41, 5.74) is 7.46. The van der Waals surface area contributed by atoms with Crippen LogP contribution in [-0.4, -0.2) is 37.7 Å². The van der Waals surface area contributed by atoms with Gasteiger partial charge in [0, 0.05) is 11.8 Å².